The van der Waals surface area contributed by atoms with Crippen molar-refractivity contribution in [3.05, 3.63) is 23.9 Å². The smallest absolute Gasteiger partial charge is 0.358 e. The van der Waals surface area contributed by atoms with Crippen LogP contribution in [0.15, 0.2) is 22.7 Å². The van der Waals surface area contributed by atoms with Crippen molar-refractivity contribution < 1.29 is 23.9 Å². The molecule has 0 saturated carbocycles. The van der Waals surface area contributed by atoms with Crippen molar-refractivity contribution in [1.29, 1.82) is 0 Å². The third-order valence-corrected chi connectivity index (χ3v) is 3.94. The Balaban J connectivity index is 2.07. The topological polar surface area (TPSA) is 85.0 Å². The van der Waals surface area contributed by atoms with E-state index in [1.807, 2.05) is 6.07 Å². The fraction of sp³-hybridized carbons (Fsp3) is 0.375. The number of nitrogens with zero attached hydrogens (tertiary/aromatic N) is 2. The summed E-state index contributed by atoms with van der Waals surface area (Å²) in [5.41, 5.74) is 1.42. The summed E-state index contributed by atoms with van der Waals surface area (Å²) in [6.07, 6.45) is 2.30. The average Bonchev–Trinajstić information content (AvgIpc) is 3.24. The van der Waals surface area contributed by atoms with Crippen LogP contribution in [-0.2, 0) is 0 Å². The fourth-order valence-electron chi connectivity index (χ4n) is 2.78. The number of benzene rings is 1. The summed E-state index contributed by atoms with van der Waals surface area (Å²) in [6, 6.07) is 5.05. The second kappa shape index (κ2) is 6.20. The first kappa shape index (κ1) is 15.2. The third-order valence-electron chi connectivity index (χ3n) is 3.94. The minimum atomic E-state index is -1.14. The number of carbonyl (C=O) groups is 1. The molecule has 2 aromatic rings. The van der Waals surface area contributed by atoms with E-state index in [4.69, 9.17) is 19.1 Å². The van der Waals surface area contributed by atoms with Crippen molar-refractivity contribution in [2.24, 2.45) is 0 Å². The molecular weight excluding hydrogens is 300 g/mol. The van der Waals surface area contributed by atoms with Crippen molar-refractivity contribution in [3.8, 4) is 22.8 Å². The Morgan fingerprint density at radius 1 is 1.17 bits per heavy atom. The van der Waals surface area contributed by atoms with Crippen LogP contribution in [0.3, 0.4) is 0 Å². The van der Waals surface area contributed by atoms with E-state index >= 15 is 0 Å². The Kier molecular flexibility index (Phi) is 4.10. The molecule has 7 nitrogen and oxygen atoms in total. The predicted molar refractivity (Wildman–Crippen MR) is 83.4 cm³/mol. The molecule has 2 heterocycles. The minimum absolute atomic E-state index is 0.148. The second-order valence-corrected chi connectivity index (χ2v) is 5.30. The summed E-state index contributed by atoms with van der Waals surface area (Å²) in [5, 5.41) is 12.5. The Morgan fingerprint density at radius 2 is 1.87 bits per heavy atom. The Labute approximate surface area is 133 Å². The molecule has 122 valence electrons. The first-order valence-corrected chi connectivity index (χ1v) is 7.35. The van der Waals surface area contributed by atoms with Gasteiger partial charge >= 0.3 is 5.97 Å². The van der Waals surface area contributed by atoms with E-state index in [0.717, 1.165) is 31.6 Å². The van der Waals surface area contributed by atoms with Gasteiger partial charge in [-0.3, -0.25) is 0 Å². The Hall–Kier alpha value is -2.70. The molecular formula is C16H18N2O5. The molecule has 1 aromatic heterocycles. The summed E-state index contributed by atoms with van der Waals surface area (Å²) in [4.78, 5) is 13.2. The fourth-order valence-corrected chi connectivity index (χ4v) is 2.78. The second-order valence-electron chi connectivity index (χ2n) is 5.30. The molecule has 7 heteroatoms. The largest absolute Gasteiger partial charge is 0.496 e. The van der Waals surface area contributed by atoms with Crippen molar-refractivity contribution in [2.45, 2.75) is 12.8 Å². The summed E-state index contributed by atoms with van der Waals surface area (Å²) in [5.74, 6) is 0.460. The van der Waals surface area contributed by atoms with Gasteiger partial charge < -0.3 is 24.0 Å². The lowest BCUT2D eigenvalue weighted by atomic mass is 10.1. The van der Waals surface area contributed by atoms with Gasteiger partial charge in [0, 0.05) is 25.2 Å². The first-order chi connectivity index (χ1) is 11.1. The molecule has 1 fully saturated rings. The SMILES string of the molecule is COc1cc(N2CCCC2)c(OC)cc1-c1cc(C(=O)O)no1. The number of hydrogen-bond donors (Lipinski definition) is 1. The van der Waals surface area contributed by atoms with E-state index in [2.05, 4.69) is 10.1 Å². The lowest BCUT2D eigenvalue weighted by Crippen LogP contribution is -2.18. The highest BCUT2D eigenvalue weighted by atomic mass is 16.5. The number of rotatable bonds is 5. The number of methoxy groups -OCH3 is 2. The minimum Gasteiger partial charge on any atom is -0.496 e. The maximum atomic E-state index is 11.0. The van der Waals surface area contributed by atoms with Gasteiger partial charge in [0.25, 0.3) is 0 Å². The van der Waals surface area contributed by atoms with E-state index in [-0.39, 0.29) is 5.69 Å². The van der Waals surface area contributed by atoms with E-state index in [0.29, 0.717) is 22.8 Å². The molecule has 0 bridgehead atoms. The average molecular weight is 318 g/mol. The Bertz CT molecular complexity index is 719. The number of anilines is 1. The van der Waals surface area contributed by atoms with Gasteiger partial charge in [-0.15, -0.1) is 0 Å². The maximum absolute atomic E-state index is 11.0. The molecule has 1 aliphatic rings. The number of ether oxygens (including phenoxy) is 2. The quantitative estimate of drug-likeness (QED) is 0.907. The normalized spacial score (nSPS) is 14.1. The summed E-state index contributed by atoms with van der Waals surface area (Å²) in [7, 11) is 3.17. The van der Waals surface area contributed by atoms with Crippen molar-refractivity contribution in [3.63, 3.8) is 0 Å². The summed E-state index contributed by atoms with van der Waals surface area (Å²) < 4.78 is 16.1. The number of carboxylic acid groups (broad SMARTS) is 1. The van der Waals surface area contributed by atoms with Gasteiger partial charge in [0.2, 0.25) is 0 Å². The van der Waals surface area contributed by atoms with Crippen molar-refractivity contribution in [2.75, 3.05) is 32.2 Å². The molecule has 0 atom stereocenters. The first-order valence-electron chi connectivity index (χ1n) is 7.35. The lowest BCUT2D eigenvalue weighted by Gasteiger charge is -2.22. The number of aromatic carboxylic acids is 1. The molecule has 0 unspecified atom stereocenters. The zero-order valence-corrected chi connectivity index (χ0v) is 13.0. The van der Waals surface area contributed by atoms with Crippen LogP contribution in [0.5, 0.6) is 11.5 Å². The van der Waals surface area contributed by atoms with Crippen molar-refractivity contribution >= 4 is 11.7 Å². The van der Waals surface area contributed by atoms with Crippen LogP contribution in [0.4, 0.5) is 5.69 Å². The lowest BCUT2D eigenvalue weighted by molar-refractivity contribution is 0.0686. The Morgan fingerprint density at radius 3 is 2.43 bits per heavy atom. The van der Waals surface area contributed by atoms with Gasteiger partial charge in [-0.25, -0.2) is 4.79 Å². The molecule has 1 saturated heterocycles. The molecule has 1 aliphatic heterocycles. The summed E-state index contributed by atoms with van der Waals surface area (Å²) >= 11 is 0. The molecule has 3 rings (SSSR count). The van der Waals surface area contributed by atoms with E-state index in [1.165, 1.54) is 6.07 Å². The molecule has 1 N–H and O–H groups in total. The van der Waals surface area contributed by atoms with Crippen LogP contribution >= 0.6 is 0 Å². The highest BCUT2D eigenvalue weighted by Crippen LogP contribution is 2.41. The van der Waals surface area contributed by atoms with Gasteiger partial charge in [-0.2, -0.15) is 0 Å². The zero-order chi connectivity index (χ0) is 16.4. The number of hydrogen-bond acceptors (Lipinski definition) is 6. The predicted octanol–water partition coefficient (Wildman–Crippen LogP) is 2.66. The van der Waals surface area contributed by atoms with Crippen LogP contribution in [0.1, 0.15) is 23.3 Å². The van der Waals surface area contributed by atoms with Crippen LogP contribution in [-0.4, -0.2) is 43.5 Å². The van der Waals surface area contributed by atoms with Gasteiger partial charge in [0.1, 0.15) is 11.5 Å². The number of aromatic nitrogens is 1. The molecule has 0 amide bonds. The zero-order valence-electron chi connectivity index (χ0n) is 13.0. The van der Waals surface area contributed by atoms with E-state index in [1.54, 1.807) is 20.3 Å². The van der Waals surface area contributed by atoms with Crippen LogP contribution in [0.25, 0.3) is 11.3 Å². The van der Waals surface area contributed by atoms with Crippen molar-refractivity contribution in [1.82, 2.24) is 5.16 Å². The molecule has 0 aliphatic carbocycles. The highest BCUT2D eigenvalue weighted by Gasteiger charge is 2.22. The monoisotopic (exact) mass is 318 g/mol. The van der Waals surface area contributed by atoms with Crippen LogP contribution in [0, 0.1) is 0 Å². The molecule has 1 aromatic carbocycles. The van der Waals surface area contributed by atoms with Gasteiger partial charge in [-0.1, -0.05) is 5.16 Å². The summed E-state index contributed by atoms with van der Waals surface area (Å²) in [6.45, 7) is 1.95. The molecule has 23 heavy (non-hydrogen) atoms. The van der Waals surface area contributed by atoms with E-state index in [9.17, 15) is 4.79 Å². The standard InChI is InChI=1S/C16H18N2O5/c1-21-13-9-12(18-5-3-4-6-18)15(22-2)7-10(13)14-8-11(16(19)20)17-23-14/h7-9H,3-6H2,1-2H3,(H,19,20). The maximum Gasteiger partial charge on any atom is 0.358 e. The molecule has 0 spiro atoms. The van der Waals surface area contributed by atoms with Crippen LogP contribution < -0.4 is 14.4 Å². The van der Waals surface area contributed by atoms with Gasteiger partial charge in [0.05, 0.1) is 25.5 Å². The van der Waals surface area contributed by atoms with Crippen LogP contribution in [0.2, 0.25) is 0 Å². The van der Waals surface area contributed by atoms with E-state index < -0.39 is 5.97 Å². The number of carboxylic acids is 1. The van der Waals surface area contributed by atoms with Gasteiger partial charge in [0.15, 0.2) is 11.5 Å². The third kappa shape index (κ3) is 2.81. The van der Waals surface area contributed by atoms with Gasteiger partial charge in [-0.05, 0) is 18.9 Å². The molecule has 0 radical (unpaired) electrons. The highest BCUT2D eigenvalue weighted by molar-refractivity contribution is 5.87.